The number of fused-ring (bicyclic) bond motifs is 1. The number of rotatable bonds is 0. The van der Waals surface area contributed by atoms with Crippen molar-refractivity contribution in [2.75, 3.05) is 0 Å². The molecular formula is C5H11N5OS. The first-order chi connectivity index (χ1) is 5.65. The summed E-state index contributed by atoms with van der Waals surface area (Å²) in [6.45, 7) is 4.02. The highest BCUT2D eigenvalue weighted by atomic mass is 32.2. The average molecular weight is 189 g/mol. The summed E-state index contributed by atoms with van der Waals surface area (Å²) in [5.41, 5.74) is 8.64. The minimum Gasteiger partial charge on any atom is -0.409 e. The Morgan fingerprint density at radius 2 is 2.42 bits per heavy atom. The number of hydrazine groups is 3. The van der Waals surface area contributed by atoms with Gasteiger partial charge in [-0.15, -0.1) is 11.8 Å². The minimum atomic E-state index is -0.165. The van der Waals surface area contributed by atoms with Crippen LogP contribution in [-0.4, -0.2) is 26.3 Å². The quantitative estimate of drug-likeness (QED) is 0.302. The van der Waals surface area contributed by atoms with Crippen molar-refractivity contribution in [3.05, 3.63) is 0 Å². The van der Waals surface area contributed by atoms with Gasteiger partial charge in [0.25, 0.3) is 0 Å². The predicted octanol–water partition coefficient (Wildman–Crippen LogP) is -0.587. The first-order valence-corrected chi connectivity index (χ1v) is 4.49. The Bertz CT molecular complexity index is 230. The van der Waals surface area contributed by atoms with Gasteiger partial charge in [-0.3, -0.25) is 0 Å². The number of nitrogens with zero attached hydrogens (tertiary/aromatic N) is 2. The van der Waals surface area contributed by atoms with Crippen LogP contribution in [0.1, 0.15) is 13.8 Å². The lowest BCUT2D eigenvalue weighted by Gasteiger charge is -2.18. The van der Waals surface area contributed by atoms with Crippen molar-refractivity contribution in [1.29, 1.82) is 0 Å². The molecule has 1 atom stereocenters. The van der Waals surface area contributed by atoms with Gasteiger partial charge in [0, 0.05) is 0 Å². The maximum absolute atomic E-state index is 8.79. The van der Waals surface area contributed by atoms with Crippen LogP contribution in [0.3, 0.4) is 0 Å². The van der Waals surface area contributed by atoms with Gasteiger partial charge in [-0.1, -0.05) is 5.16 Å². The third-order valence-corrected chi connectivity index (χ3v) is 3.20. The van der Waals surface area contributed by atoms with E-state index in [4.69, 9.17) is 5.21 Å². The monoisotopic (exact) mass is 189 g/mol. The molecule has 0 aliphatic carbocycles. The third kappa shape index (κ3) is 0.977. The van der Waals surface area contributed by atoms with Crippen molar-refractivity contribution in [1.82, 2.24) is 21.5 Å². The van der Waals surface area contributed by atoms with Crippen molar-refractivity contribution in [3.63, 3.8) is 0 Å². The topological polar surface area (TPSA) is 71.9 Å². The Hall–Kier alpha value is -0.500. The number of nitrogens with one attached hydrogen (secondary N) is 3. The standard InChI is InChI=1S/C5H11N5OS/c1-5(2)3(7-11)10-4(12-5)6-8-9-10/h4,6,8-9,11H,1-2H3/b7-3-. The molecule has 12 heavy (non-hydrogen) atoms. The molecule has 0 radical (unpaired) electrons. The van der Waals surface area contributed by atoms with E-state index in [1.807, 2.05) is 13.8 Å². The van der Waals surface area contributed by atoms with Crippen molar-refractivity contribution >= 4 is 17.6 Å². The fourth-order valence-corrected chi connectivity index (χ4v) is 2.49. The maximum Gasteiger partial charge on any atom is 0.177 e. The maximum atomic E-state index is 8.79. The largest absolute Gasteiger partial charge is 0.409 e. The highest BCUT2D eigenvalue weighted by molar-refractivity contribution is 8.02. The van der Waals surface area contributed by atoms with E-state index in [-0.39, 0.29) is 10.2 Å². The van der Waals surface area contributed by atoms with Crippen LogP contribution in [0.4, 0.5) is 0 Å². The van der Waals surface area contributed by atoms with Gasteiger partial charge >= 0.3 is 0 Å². The molecule has 0 spiro atoms. The number of amidine groups is 1. The van der Waals surface area contributed by atoms with E-state index in [1.165, 1.54) is 0 Å². The molecule has 0 aromatic rings. The molecule has 2 aliphatic rings. The van der Waals surface area contributed by atoms with Crippen LogP contribution in [0.15, 0.2) is 5.16 Å². The molecule has 1 unspecified atom stereocenters. The zero-order chi connectivity index (χ0) is 8.77. The molecule has 2 aliphatic heterocycles. The summed E-state index contributed by atoms with van der Waals surface area (Å²) in [7, 11) is 0. The molecule has 2 saturated heterocycles. The molecule has 2 rings (SSSR count). The molecule has 0 bridgehead atoms. The highest BCUT2D eigenvalue weighted by Gasteiger charge is 2.47. The lowest BCUT2D eigenvalue weighted by Crippen LogP contribution is -2.45. The molecule has 0 amide bonds. The smallest absolute Gasteiger partial charge is 0.177 e. The molecule has 68 valence electrons. The Kier molecular flexibility index (Phi) is 1.69. The molecule has 0 saturated carbocycles. The molecule has 6 nitrogen and oxygen atoms in total. The van der Waals surface area contributed by atoms with Gasteiger partial charge in [0.2, 0.25) is 0 Å². The summed E-state index contributed by atoms with van der Waals surface area (Å²) in [4.78, 5) is 0. The van der Waals surface area contributed by atoms with Crippen molar-refractivity contribution < 1.29 is 5.21 Å². The second-order valence-corrected chi connectivity index (χ2v) is 4.86. The van der Waals surface area contributed by atoms with E-state index in [0.29, 0.717) is 5.84 Å². The van der Waals surface area contributed by atoms with Gasteiger partial charge in [-0.2, -0.15) is 11.1 Å². The van der Waals surface area contributed by atoms with E-state index in [9.17, 15) is 0 Å². The van der Waals surface area contributed by atoms with Crippen LogP contribution in [-0.2, 0) is 0 Å². The zero-order valence-corrected chi connectivity index (χ0v) is 7.64. The second kappa shape index (κ2) is 2.49. The summed E-state index contributed by atoms with van der Waals surface area (Å²) in [6, 6.07) is 0. The first-order valence-electron chi connectivity index (χ1n) is 3.61. The molecule has 4 N–H and O–H groups in total. The molecule has 7 heteroatoms. The summed E-state index contributed by atoms with van der Waals surface area (Å²) in [6.07, 6.45) is 0. The van der Waals surface area contributed by atoms with Gasteiger partial charge in [-0.05, 0) is 13.8 Å². The van der Waals surface area contributed by atoms with Gasteiger partial charge < -0.3 is 5.21 Å². The van der Waals surface area contributed by atoms with Crippen molar-refractivity contribution in [3.8, 4) is 0 Å². The van der Waals surface area contributed by atoms with Gasteiger partial charge in [0.05, 0.1) is 4.75 Å². The Balaban J connectivity index is 2.28. The van der Waals surface area contributed by atoms with Crippen LogP contribution in [0.25, 0.3) is 0 Å². The second-order valence-electron chi connectivity index (χ2n) is 3.16. The number of hydrogen-bond donors (Lipinski definition) is 4. The van der Waals surface area contributed by atoms with Crippen LogP contribution in [0.2, 0.25) is 0 Å². The fourth-order valence-electron chi connectivity index (χ4n) is 1.31. The van der Waals surface area contributed by atoms with Gasteiger partial charge in [0.15, 0.2) is 11.3 Å². The molecule has 0 aromatic heterocycles. The van der Waals surface area contributed by atoms with E-state index in [2.05, 4.69) is 21.7 Å². The van der Waals surface area contributed by atoms with Crippen LogP contribution < -0.4 is 16.5 Å². The number of thioether (sulfide) groups is 1. The third-order valence-electron chi connectivity index (χ3n) is 1.87. The lowest BCUT2D eigenvalue weighted by molar-refractivity contribution is 0.282. The van der Waals surface area contributed by atoms with E-state index < -0.39 is 0 Å². The molecule has 2 heterocycles. The van der Waals surface area contributed by atoms with E-state index in [1.54, 1.807) is 16.8 Å². The predicted molar refractivity (Wildman–Crippen MR) is 45.9 cm³/mol. The summed E-state index contributed by atoms with van der Waals surface area (Å²) in [5.74, 6) is 0.620. The fraction of sp³-hybridized carbons (Fsp3) is 0.800. The van der Waals surface area contributed by atoms with Gasteiger partial charge in [-0.25, -0.2) is 10.4 Å². The van der Waals surface area contributed by atoms with Crippen LogP contribution in [0, 0.1) is 0 Å². The van der Waals surface area contributed by atoms with Crippen molar-refractivity contribution in [2.24, 2.45) is 5.16 Å². The zero-order valence-electron chi connectivity index (χ0n) is 6.83. The Morgan fingerprint density at radius 3 is 3.08 bits per heavy atom. The van der Waals surface area contributed by atoms with E-state index >= 15 is 0 Å². The summed E-state index contributed by atoms with van der Waals surface area (Å²) >= 11 is 1.67. The highest BCUT2D eigenvalue weighted by Crippen LogP contribution is 2.39. The van der Waals surface area contributed by atoms with Gasteiger partial charge in [0.1, 0.15) is 0 Å². The number of hydrogen-bond acceptors (Lipinski definition) is 6. The number of oxime groups is 1. The first kappa shape index (κ1) is 8.11. The molecule has 2 fully saturated rings. The minimum absolute atomic E-state index is 0.0888. The SMILES string of the molecule is CC1(C)SC2NNNN2/C1=N\O. The molecular weight excluding hydrogens is 178 g/mol. The molecule has 0 aromatic carbocycles. The Morgan fingerprint density at radius 1 is 1.67 bits per heavy atom. The normalized spacial score (nSPS) is 36.0. The average Bonchev–Trinajstić information content (AvgIpc) is 2.43. The summed E-state index contributed by atoms with van der Waals surface area (Å²) < 4.78 is -0.165. The van der Waals surface area contributed by atoms with Crippen LogP contribution >= 0.6 is 11.8 Å². The van der Waals surface area contributed by atoms with Crippen LogP contribution in [0.5, 0.6) is 0 Å². The summed E-state index contributed by atoms with van der Waals surface area (Å²) in [5, 5.41) is 13.8. The lowest BCUT2D eigenvalue weighted by atomic mass is 10.2. The van der Waals surface area contributed by atoms with Crippen molar-refractivity contribution in [2.45, 2.75) is 24.1 Å². The Labute approximate surface area is 74.3 Å². The van der Waals surface area contributed by atoms with E-state index in [0.717, 1.165) is 0 Å².